The molecule has 1 saturated heterocycles. The quantitative estimate of drug-likeness (QED) is 0.660. The highest BCUT2D eigenvalue weighted by Gasteiger charge is 2.27. The van der Waals surface area contributed by atoms with Gasteiger partial charge in [-0.25, -0.2) is 9.50 Å². The first-order valence-electron chi connectivity index (χ1n) is 7.24. The summed E-state index contributed by atoms with van der Waals surface area (Å²) in [6, 6.07) is 10.5. The second-order valence-corrected chi connectivity index (χ2v) is 6.74. The average Bonchev–Trinajstić information content (AvgIpc) is 3.14. The fraction of sp³-hybridized carbons (Fsp3) is 0.250. The van der Waals surface area contributed by atoms with Gasteiger partial charge in [0.2, 0.25) is 0 Å². The number of halogens is 2. The number of fused-ring (bicyclic) bond motifs is 1. The van der Waals surface area contributed by atoms with E-state index in [-0.39, 0.29) is 0 Å². The third-order valence-corrected chi connectivity index (χ3v) is 4.89. The minimum Gasteiger partial charge on any atom is -0.349 e. The maximum Gasteiger partial charge on any atom is 0.171 e. The topological polar surface area (TPSA) is 33.4 Å². The van der Waals surface area contributed by atoms with E-state index in [2.05, 4.69) is 38.1 Å². The number of aromatic nitrogens is 3. The average molecular weight is 378 g/mol. The van der Waals surface area contributed by atoms with Crippen molar-refractivity contribution in [2.24, 2.45) is 0 Å². The van der Waals surface area contributed by atoms with Crippen LogP contribution in [0.25, 0.3) is 5.65 Å². The van der Waals surface area contributed by atoms with E-state index in [9.17, 15) is 0 Å². The van der Waals surface area contributed by atoms with Crippen LogP contribution in [-0.2, 0) is 0 Å². The molecular formula is C16H14BrClN4. The fourth-order valence-electron chi connectivity index (χ4n) is 3.09. The number of benzene rings is 1. The molecule has 1 atom stereocenters. The van der Waals surface area contributed by atoms with Crippen LogP contribution in [0, 0.1) is 0 Å². The first kappa shape index (κ1) is 14.0. The zero-order chi connectivity index (χ0) is 15.1. The number of hydrogen-bond acceptors (Lipinski definition) is 3. The van der Waals surface area contributed by atoms with Crippen LogP contribution in [0.3, 0.4) is 0 Å². The van der Waals surface area contributed by atoms with Crippen LogP contribution in [0.2, 0.25) is 5.02 Å². The molecule has 3 heterocycles. The van der Waals surface area contributed by atoms with Crippen molar-refractivity contribution in [2.75, 3.05) is 11.4 Å². The molecule has 0 saturated carbocycles. The van der Waals surface area contributed by atoms with Crippen LogP contribution in [0.1, 0.15) is 24.4 Å². The summed E-state index contributed by atoms with van der Waals surface area (Å²) >= 11 is 9.65. The molecule has 2 aromatic heterocycles. The molecule has 1 aliphatic rings. The molecule has 0 radical (unpaired) electrons. The minimum atomic E-state index is 0.329. The Morgan fingerprint density at radius 2 is 2.18 bits per heavy atom. The van der Waals surface area contributed by atoms with Crippen LogP contribution in [0.5, 0.6) is 0 Å². The van der Waals surface area contributed by atoms with Crippen molar-refractivity contribution >= 4 is 39.0 Å². The first-order chi connectivity index (χ1) is 10.7. The summed E-state index contributed by atoms with van der Waals surface area (Å²) in [7, 11) is 0. The van der Waals surface area contributed by atoms with Gasteiger partial charge in [0, 0.05) is 17.8 Å². The summed E-state index contributed by atoms with van der Waals surface area (Å²) in [5, 5.41) is 5.03. The Kier molecular flexibility index (Phi) is 3.54. The number of hydrogen-bond donors (Lipinski definition) is 0. The Morgan fingerprint density at radius 3 is 3.05 bits per heavy atom. The van der Waals surface area contributed by atoms with Crippen LogP contribution in [0.4, 0.5) is 5.82 Å². The summed E-state index contributed by atoms with van der Waals surface area (Å²) in [6.45, 7) is 1.01. The van der Waals surface area contributed by atoms with E-state index in [1.807, 2.05) is 24.4 Å². The maximum atomic E-state index is 6.15. The van der Waals surface area contributed by atoms with E-state index in [0.29, 0.717) is 6.04 Å². The zero-order valence-corrected chi connectivity index (χ0v) is 14.1. The third kappa shape index (κ3) is 2.38. The molecule has 0 spiro atoms. The smallest absolute Gasteiger partial charge is 0.171 e. The van der Waals surface area contributed by atoms with E-state index >= 15 is 0 Å². The van der Waals surface area contributed by atoms with Gasteiger partial charge in [0.1, 0.15) is 5.82 Å². The van der Waals surface area contributed by atoms with Gasteiger partial charge in [-0.2, -0.15) is 5.10 Å². The highest BCUT2D eigenvalue weighted by atomic mass is 79.9. The summed E-state index contributed by atoms with van der Waals surface area (Å²) in [4.78, 5) is 7.11. The van der Waals surface area contributed by atoms with Gasteiger partial charge >= 0.3 is 0 Å². The summed E-state index contributed by atoms with van der Waals surface area (Å²) < 4.78 is 2.69. The second kappa shape index (κ2) is 5.56. The van der Waals surface area contributed by atoms with Gasteiger partial charge in [0.05, 0.1) is 16.7 Å². The lowest BCUT2D eigenvalue weighted by Crippen LogP contribution is -2.23. The van der Waals surface area contributed by atoms with E-state index in [1.165, 1.54) is 5.56 Å². The van der Waals surface area contributed by atoms with Crippen LogP contribution in [-0.4, -0.2) is 21.1 Å². The molecule has 0 bridgehead atoms. The van der Waals surface area contributed by atoms with Crippen molar-refractivity contribution in [3.05, 3.63) is 57.8 Å². The van der Waals surface area contributed by atoms with Crippen LogP contribution >= 0.6 is 27.5 Å². The SMILES string of the molecule is Clc1cccc(C2CCCN2c2ccn3ncc(Br)c3n2)c1. The Bertz CT molecular complexity index is 832. The Morgan fingerprint density at radius 1 is 1.27 bits per heavy atom. The standard InChI is InChI=1S/C16H14BrClN4/c17-13-10-19-22-8-6-15(20-16(13)22)21-7-2-5-14(21)11-3-1-4-12(18)9-11/h1,3-4,6,8-10,14H,2,5,7H2. The highest BCUT2D eigenvalue weighted by molar-refractivity contribution is 9.10. The molecule has 0 aliphatic carbocycles. The number of nitrogens with zero attached hydrogens (tertiary/aromatic N) is 4. The minimum absolute atomic E-state index is 0.329. The van der Waals surface area contributed by atoms with Gasteiger partial charge in [-0.3, -0.25) is 0 Å². The maximum absolute atomic E-state index is 6.15. The van der Waals surface area contributed by atoms with Gasteiger partial charge in [0.25, 0.3) is 0 Å². The van der Waals surface area contributed by atoms with Gasteiger partial charge in [-0.05, 0) is 52.5 Å². The molecule has 3 aromatic rings. The Hall–Kier alpha value is -1.59. The van der Waals surface area contributed by atoms with E-state index in [0.717, 1.165) is 40.3 Å². The lowest BCUT2D eigenvalue weighted by molar-refractivity contribution is 0.710. The lowest BCUT2D eigenvalue weighted by atomic mass is 10.0. The Labute approximate surface area is 141 Å². The molecule has 1 fully saturated rings. The molecule has 4 rings (SSSR count). The van der Waals surface area contributed by atoms with E-state index < -0.39 is 0 Å². The van der Waals surface area contributed by atoms with E-state index in [1.54, 1.807) is 10.7 Å². The second-order valence-electron chi connectivity index (χ2n) is 5.45. The van der Waals surface area contributed by atoms with Crippen molar-refractivity contribution in [1.82, 2.24) is 14.6 Å². The van der Waals surface area contributed by atoms with Crippen LogP contribution < -0.4 is 4.90 Å². The largest absolute Gasteiger partial charge is 0.349 e. The summed E-state index contributed by atoms with van der Waals surface area (Å²) in [6.07, 6.45) is 6.00. The molecular weight excluding hydrogens is 364 g/mol. The molecule has 0 N–H and O–H groups in total. The van der Waals surface area contributed by atoms with Crippen molar-refractivity contribution in [3.63, 3.8) is 0 Å². The Balaban J connectivity index is 1.74. The summed E-state index contributed by atoms with van der Waals surface area (Å²) in [5.74, 6) is 0.983. The fourth-order valence-corrected chi connectivity index (χ4v) is 3.65. The van der Waals surface area contributed by atoms with Gasteiger partial charge in [-0.1, -0.05) is 23.7 Å². The van der Waals surface area contributed by atoms with Crippen molar-refractivity contribution in [2.45, 2.75) is 18.9 Å². The third-order valence-electron chi connectivity index (χ3n) is 4.09. The molecule has 1 unspecified atom stereocenters. The van der Waals surface area contributed by atoms with Crippen molar-refractivity contribution < 1.29 is 0 Å². The van der Waals surface area contributed by atoms with Gasteiger partial charge in [-0.15, -0.1) is 0 Å². The van der Waals surface area contributed by atoms with Crippen LogP contribution in [0.15, 0.2) is 47.2 Å². The molecule has 4 nitrogen and oxygen atoms in total. The lowest BCUT2D eigenvalue weighted by Gasteiger charge is -2.26. The van der Waals surface area contributed by atoms with Gasteiger partial charge in [0.15, 0.2) is 5.65 Å². The normalized spacial score (nSPS) is 18.3. The molecule has 112 valence electrons. The number of anilines is 1. The first-order valence-corrected chi connectivity index (χ1v) is 8.41. The molecule has 0 amide bonds. The predicted octanol–water partition coefficient (Wildman–Crippen LogP) is 4.49. The molecule has 22 heavy (non-hydrogen) atoms. The molecule has 1 aromatic carbocycles. The van der Waals surface area contributed by atoms with E-state index in [4.69, 9.17) is 16.6 Å². The summed E-state index contributed by atoms with van der Waals surface area (Å²) in [5.41, 5.74) is 2.09. The molecule has 1 aliphatic heterocycles. The number of rotatable bonds is 2. The predicted molar refractivity (Wildman–Crippen MR) is 91.5 cm³/mol. The van der Waals surface area contributed by atoms with Gasteiger partial charge < -0.3 is 4.90 Å². The molecule has 6 heteroatoms. The van der Waals surface area contributed by atoms with Crippen molar-refractivity contribution in [3.8, 4) is 0 Å². The highest BCUT2D eigenvalue weighted by Crippen LogP contribution is 2.36. The van der Waals surface area contributed by atoms with Crippen molar-refractivity contribution in [1.29, 1.82) is 0 Å². The zero-order valence-electron chi connectivity index (χ0n) is 11.8. The monoisotopic (exact) mass is 376 g/mol.